The third kappa shape index (κ3) is 4.92. The van der Waals surface area contributed by atoms with E-state index in [9.17, 15) is 23.1 Å². The molecular formula is C20H22F3N3O4. The Morgan fingerprint density at radius 2 is 2.20 bits per heavy atom. The van der Waals surface area contributed by atoms with Gasteiger partial charge in [-0.15, -0.1) is 0 Å². The van der Waals surface area contributed by atoms with Gasteiger partial charge in [0.05, 0.1) is 5.56 Å². The maximum absolute atomic E-state index is 13.5. The third-order valence-electron chi connectivity index (χ3n) is 4.73. The minimum atomic E-state index is -4.63. The zero-order chi connectivity index (χ0) is 21.7. The maximum Gasteiger partial charge on any atom is 0.419 e. The number of unbranched alkanes of at least 4 members (excludes halogenated alkanes) is 1. The molecule has 1 amide bonds. The van der Waals surface area contributed by atoms with Crippen LogP contribution in [0.4, 0.5) is 18.0 Å². The second kappa shape index (κ2) is 9.19. The minimum Gasteiger partial charge on any atom is -0.489 e. The van der Waals surface area contributed by atoms with Crippen LogP contribution in [-0.4, -0.2) is 39.4 Å². The molecule has 7 nitrogen and oxygen atoms in total. The summed E-state index contributed by atoms with van der Waals surface area (Å²) in [5.41, 5.74) is -0.839. The Labute approximate surface area is 171 Å². The summed E-state index contributed by atoms with van der Waals surface area (Å²) in [6, 6.07) is 2.95. The molecule has 0 unspecified atom stereocenters. The number of rotatable bonds is 7. The highest BCUT2D eigenvalue weighted by atomic mass is 19.4. The molecule has 1 aliphatic heterocycles. The Kier molecular flexibility index (Phi) is 6.63. The van der Waals surface area contributed by atoms with E-state index < -0.39 is 23.9 Å². The van der Waals surface area contributed by atoms with Gasteiger partial charge in [0.1, 0.15) is 18.4 Å². The van der Waals surface area contributed by atoms with Crippen LogP contribution >= 0.6 is 0 Å². The monoisotopic (exact) mass is 425 g/mol. The number of likely N-dealkylation sites (tertiary alicyclic amines) is 1. The van der Waals surface area contributed by atoms with Crippen molar-refractivity contribution in [1.82, 2.24) is 15.0 Å². The molecule has 30 heavy (non-hydrogen) atoms. The van der Waals surface area contributed by atoms with E-state index in [4.69, 9.17) is 9.26 Å². The molecule has 1 fully saturated rings. The number of halogens is 3. The average Bonchev–Trinajstić information content (AvgIpc) is 3.36. The summed E-state index contributed by atoms with van der Waals surface area (Å²) in [5.74, 6) is -0.258. The molecule has 0 aliphatic carbocycles. The number of carboxylic acid groups (broad SMARTS) is 1. The Balaban J connectivity index is 1.83. The van der Waals surface area contributed by atoms with Crippen LogP contribution < -0.4 is 4.74 Å². The highest BCUT2D eigenvalue weighted by Gasteiger charge is 2.36. The summed E-state index contributed by atoms with van der Waals surface area (Å²) in [6.07, 6.45) is 0.727. The van der Waals surface area contributed by atoms with Crippen LogP contribution in [-0.2, 0) is 6.18 Å². The van der Waals surface area contributed by atoms with Gasteiger partial charge >= 0.3 is 12.3 Å². The van der Waals surface area contributed by atoms with E-state index in [2.05, 4.69) is 10.1 Å². The van der Waals surface area contributed by atoms with Crippen molar-refractivity contribution >= 4 is 6.09 Å². The molecule has 1 saturated heterocycles. The summed E-state index contributed by atoms with van der Waals surface area (Å²) in [5, 5.41) is 13.0. The number of alkyl halides is 3. The quantitative estimate of drug-likeness (QED) is 0.605. The van der Waals surface area contributed by atoms with Crippen molar-refractivity contribution < 1.29 is 32.3 Å². The number of benzene rings is 1. The third-order valence-corrected chi connectivity index (χ3v) is 4.73. The largest absolute Gasteiger partial charge is 0.489 e. The van der Waals surface area contributed by atoms with E-state index in [1.54, 1.807) is 6.08 Å². The lowest BCUT2D eigenvalue weighted by atomic mass is 10.1. The van der Waals surface area contributed by atoms with Crippen molar-refractivity contribution in [3.05, 3.63) is 41.8 Å². The summed E-state index contributed by atoms with van der Waals surface area (Å²) < 4.78 is 51.0. The predicted molar refractivity (Wildman–Crippen MR) is 101 cm³/mol. The van der Waals surface area contributed by atoms with E-state index in [1.807, 2.05) is 13.0 Å². The van der Waals surface area contributed by atoms with Gasteiger partial charge in [-0.3, -0.25) is 4.90 Å². The van der Waals surface area contributed by atoms with Gasteiger partial charge in [0.25, 0.3) is 0 Å². The number of carbonyl (C=O) groups is 1. The van der Waals surface area contributed by atoms with Gasteiger partial charge in [-0.05, 0) is 37.5 Å². The van der Waals surface area contributed by atoms with Crippen LogP contribution in [0.3, 0.4) is 0 Å². The van der Waals surface area contributed by atoms with Crippen LogP contribution in [0.1, 0.15) is 50.1 Å². The van der Waals surface area contributed by atoms with E-state index in [-0.39, 0.29) is 29.6 Å². The smallest absolute Gasteiger partial charge is 0.419 e. The highest BCUT2D eigenvalue weighted by Crippen LogP contribution is 2.39. The van der Waals surface area contributed by atoms with Crippen LogP contribution in [0.2, 0.25) is 0 Å². The standard InChI is InChI=1S/C20H22F3N3O4/c1-2-3-4-5-11-29-16-9-8-13(12-14(16)20(21,22)23)17-24-18(30-25-17)15-7-6-10-26(15)19(27)28/h4-5,8-9,12,15H,2-3,6-7,10-11H2,1H3,(H,27,28)/b5-4+/t15-/m0/s1. The molecule has 1 aromatic heterocycles. The first kappa shape index (κ1) is 21.7. The Morgan fingerprint density at radius 1 is 1.40 bits per heavy atom. The van der Waals surface area contributed by atoms with Gasteiger partial charge in [-0.25, -0.2) is 4.79 Å². The van der Waals surface area contributed by atoms with Crippen molar-refractivity contribution in [2.45, 2.75) is 44.8 Å². The molecule has 3 rings (SSSR count). The number of nitrogens with zero attached hydrogens (tertiary/aromatic N) is 3. The van der Waals surface area contributed by atoms with Gasteiger partial charge < -0.3 is 14.4 Å². The van der Waals surface area contributed by atoms with Crippen molar-refractivity contribution in [2.24, 2.45) is 0 Å². The molecule has 0 spiro atoms. The molecule has 2 aromatic rings. The molecule has 0 bridgehead atoms. The molecule has 10 heteroatoms. The molecule has 0 radical (unpaired) electrons. The van der Waals surface area contributed by atoms with Crippen LogP contribution in [0.15, 0.2) is 34.9 Å². The fraction of sp³-hybridized carbons (Fsp3) is 0.450. The van der Waals surface area contributed by atoms with Crippen molar-refractivity contribution in [1.29, 1.82) is 0 Å². The van der Waals surface area contributed by atoms with Crippen molar-refractivity contribution in [2.75, 3.05) is 13.2 Å². The maximum atomic E-state index is 13.5. The molecular weight excluding hydrogens is 403 g/mol. The van der Waals surface area contributed by atoms with E-state index in [0.29, 0.717) is 19.4 Å². The molecule has 0 saturated carbocycles. The molecule has 1 atom stereocenters. The lowest BCUT2D eigenvalue weighted by Gasteiger charge is -2.17. The number of hydrogen-bond acceptors (Lipinski definition) is 5. The van der Waals surface area contributed by atoms with E-state index in [0.717, 1.165) is 18.9 Å². The van der Waals surface area contributed by atoms with Crippen molar-refractivity contribution in [3.63, 3.8) is 0 Å². The van der Waals surface area contributed by atoms with E-state index >= 15 is 0 Å². The highest BCUT2D eigenvalue weighted by molar-refractivity contribution is 5.66. The molecule has 2 heterocycles. The van der Waals surface area contributed by atoms with Crippen molar-refractivity contribution in [3.8, 4) is 17.1 Å². The minimum absolute atomic E-state index is 0.0293. The van der Waals surface area contributed by atoms with Crippen LogP contribution in [0.5, 0.6) is 5.75 Å². The summed E-state index contributed by atoms with van der Waals surface area (Å²) in [4.78, 5) is 16.6. The average molecular weight is 425 g/mol. The van der Waals surface area contributed by atoms with E-state index in [1.165, 1.54) is 17.0 Å². The molecule has 1 N–H and O–H groups in total. The van der Waals surface area contributed by atoms with Crippen LogP contribution in [0.25, 0.3) is 11.4 Å². The van der Waals surface area contributed by atoms with Gasteiger partial charge in [-0.1, -0.05) is 30.7 Å². The van der Waals surface area contributed by atoms with Crippen LogP contribution in [0, 0.1) is 0 Å². The first-order valence-electron chi connectivity index (χ1n) is 9.63. The summed E-state index contributed by atoms with van der Waals surface area (Å²) in [7, 11) is 0. The zero-order valence-corrected chi connectivity index (χ0v) is 16.4. The normalized spacial score (nSPS) is 17.1. The number of ether oxygens (including phenoxy) is 1. The SMILES string of the molecule is CCC/C=C/COc1ccc(-c2noc([C@@H]3CCCN3C(=O)O)n2)cc1C(F)(F)F. The number of amides is 1. The number of aromatic nitrogens is 2. The first-order chi connectivity index (χ1) is 14.3. The van der Waals surface area contributed by atoms with Gasteiger partial charge in [0.2, 0.25) is 11.7 Å². The Morgan fingerprint density at radius 3 is 2.90 bits per heavy atom. The molecule has 1 aliphatic rings. The number of hydrogen-bond donors (Lipinski definition) is 1. The number of allylic oxidation sites excluding steroid dienone is 1. The fourth-order valence-corrected chi connectivity index (χ4v) is 3.25. The molecule has 1 aromatic carbocycles. The summed E-state index contributed by atoms with van der Waals surface area (Å²) in [6.45, 7) is 2.37. The Hall–Kier alpha value is -3.04. The predicted octanol–water partition coefficient (Wildman–Crippen LogP) is 5.31. The first-order valence-corrected chi connectivity index (χ1v) is 9.63. The second-order valence-electron chi connectivity index (χ2n) is 6.87. The van der Waals surface area contributed by atoms with Gasteiger partial charge in [-0.2, -0.15) is 18.2 Å². The van der Waals surface area contributed by atoms with Gasteiger partial charge in [0, 0.05) is 12.1 Å². The summed E-state index contributed by atoms with van der Waals surface area (Å²) >= 11 is 0. The van der Waals surface area contributed by atoms with Gasteiger partial charge in [0.15, 0.2) is 0 Å². The zero-order valence-electron chi connectivity index (χ0n) is 16.4. The lowest BCUT2D eigenvalue weighted by molar-refractivity contribution is -0.138. The second-order valence-corrected chi connectivity index (χ2v) is 6.87. The lowest BCUT2D eigenvalue weighted by Crippen LogP contribution is -2.28. The fourth-order valence-electron chi connectivity index (χ4n) is 3.25. The Bertz CT molecular complexity index is 911. The topological polar surface area (TPSA) is 88.7 Å². The molecule has 162 valence electrons.